The first-order valence-electron chi connectivity index (χ1n) is 6.88. The molecule has 0 saturated heterocycles. The maximum atomic E-state index is 4.48. The molecule has 1 aliphatic rings. The molecule has 0 spiro atoms. The molecule has 1 aromatic heterocycles. The first-order chi connectivity index (χ1) is 9.81. The standard InChI is InChI=1S/C17H17BrN2/c18-16-6-7-17(19-12-16)15-8-10-20(11-9-15)13-14-4-2-1-3-5-14/h1-8,12H,9-11,13H2. The molecule has 0 radical (unpaired) electrons. The predicted molar refractivity (Wildman–Crippen MR) is 86.3 cm³/mol. The number of aromatic nitrogens is 1. The van der Waals surface area contributed by atoms with Gasteiger partial charge in [0.05, 0.1) is 5.69 Å². The maximum absolute atomic E-state index is 4.48. The Balaban J connectivity index is 1.64. The Kier molecular flexibility index (Phi) is 4.28. The lowest BCUT2D eigenvalue weighted by Gasteiger charge is -2.26. The normalized spacial score (nSPS) is 15.9. The van der Waals surface area contributed by atoms with Gasteiger partial charge in [0.2, 0.25) is 0 Å². The van der Waals surface area contributed by atoms with Crippen LogP contribution in [0, 0.1) is 0 Å². The Morgan fingerprint density at radius 3 is 2.60 bits per heavy atom. The molecule has 1 aromatic carbocycles. The van der Waals surface area contributed by atoms with Gasteiger partial charge in [0.25, 0.3) is 0 Å². The minimum atomic E-state index is 1.00. The van der Waals surface area contributed by atoms with Gasteiger partial charge in [-0.3, -0.25) is 9.88 Å². The van der Waals surface area contributed by atoms with Gasteiger partial charge in [0, 0.05) is 30.3 Å². The van der Waals surface area contributed by atoms with Gasteiger partial charge < -0.3 is 0 Å². The first-order valence-corrected chi connectivity index (χ1v) is 7.68. The topological polar surface area (TPSA) is 16.1 Å². The van der Waals surface area contributed by atoms with Crippen molar-refractivity contribution in [1.82, 2.24) is 9.88 Å². The molecule has 0 fully saturated rings. The molecule has 0 aliphatic carbocycles. The lowest BCUT2D eigenvalue weighted by Crippen LogP contribution is -2.28. The largest absolute Gasteiger partial charge is 0.295 e. The van der Waals surface area contributed by atoms with Crippen molar-refractivity contribution in [3.63, 3.8) is 0 Å². The molecule has 0 N–H and O–H groups in total. The second-order valence-electron chi connectivity index (χ2n) is 5.06. The van der Waals surface area contributed by atoms with E-state index in [4.69, 9.17) is 0 Å². The van der Waals surface area contributed by atoms with E-state index < -0.39 is 0 Å². The Morgan fingerprint density at radius 2 is 1.95 bits per heavy atom. The van der Waals surface area contributed by atoms with E-state index in [1.54, 1.807) is 0 Å². The van der Waals surface area contributed by atoms with Gasteiger partial charge in [-0.2, -0.15) is 0 Å². The fraction of sp³-hybridized carbons (Fsp3) is 0.235. The number of hydrogen-bond donors (Lipinski definition) is 0. The van der Waals surface area contributed by atoms with Gasteiger partial charge in [0.1, 0.15) is 0 Å². The van der Waals surface area contributed by atoms with Gasteiger partial charge in [-0.25, -0.2) is 0 Å². The second kappa shape index (κ2) is 6.33. The van der Waals surface area contributed by atoms with Crippen molar-refractivity contribution in [3.8, 4) is 0 Å². The summed E-state index contributed by atoms with van der Waals surface area (Å²) < 4.78 is 1.03. The summed E-state index contributed by atoms with van der Waals surface area (Å²) >= 11 is 3.43. The Labute approximate surface area is 128 Å². The van der Waals surface area contributed by atoms with Crippen LogP contribution in [0.15, 0.2) is 59.2 Å². The minimum absolute atomic E-state index is 1.00. The average molecular weight is 329 g/mol. The molecule has 20 heavy (non-hydrogen) atoms. The third-order valence-electron chi connectivity index (χ3n) is 3.60. The highest BCUT2D eigenvalue weighted by atomic mass is 79.9. The van der Waals surface area contributed by atoms with Gasteiger partial charge in [0.15, 0.2) is 0 Å². The van der Waals surface area contributed by atoms with Crippen LogP contribution in [0.5, 0.6) is 0 Å². The van der Waals surface area contributed by atoms with Crippen LogP contribution in [-0.4, -0.2) is 23.0 Å². The summed E-state index contributed by atoms with van der Waals surface area (Å²) in [6.45, 7) is 3.12. The maximum Gasteiger partial charge on any atom is 0.0660 e. The highest BCUT2D eigenvalue weighted by Gasteiger charge is 2.13. The van der Waals surface area contributed by atoms with E-state index in [0.29, 0.717) is 0 Å². The van der Waals surface area contributed by atoms with Crippen LogP contribution in [0.1, 0.15) is 17.7 Å². The van der Waals surface area contributed by atoms with E-state index in [1.165, 1.54) is 11.1 Å². The van der Waals surface area contributed by atoms with Crippen molar-refractivity contribution in [1.29, 1.82) is 0 Å². The van der Waals surface area contributed by atoms with Crippen LogP contribution in [0.3, 0.4) is 0 Å². The molecule has 3 rings (SSSR count). The molecule has 3 heteroatoms. The number of pyridine rings is 1. The number of rotatable bonds is 3. The zero-order valence-electron chi connectivity index (χ0n) is 11.3. The summed E-state index contributed by atoms with van der Waals surface area (Å²) in [5.41, 5.74) is 3.85. The lowest BCUT2D eigenvalue weighted by atomic mass is 10.0. The van der Waals surface area contributed by atoms with Crippen LogP contribution >= 0.6 is 15.9 Å². The zero-order valence-corrected chi connectivity index (χ0v) is 12.9. The van der Waals surface area contributed by atoms with Crippen molar-refractivity contribution < 1.29 is 0 Å². The molecule has 2 heterocycles. The molecular formula is C17H17BrN2. The highest BCUT2D eigenvalue weighted by molar-refractivity contribution is 9.10. The van der Waals surface area contributed by atoms with Crippen molar-refractivity contribution in [3.05, 3.63) is 70.5 Å². The van der Waals surface area contributed by atoms with Crippen LogP contribution in [0.4, 0.5) is 0 Å². The first kappa shape index (κ1) is 13.5. The number of hydrogen-bond acceptors (Lipinski definition) is 2. The summed E-state index contributed by atoms with van der Waals surface area (Å²) in [7, 11) is 0. The monoisotopic (exact) mass is 328 g/mol. The van der Waals surface area contributed by atoms with Crippen LogP contribution < -0.4 is 0 Å². The molecule has 0 bridgehead atoms. The molecule has 0 amide bonds. The fourth-order valence-corrected chi connectivity index (χ4v) is 2.73. The van der Waals surface area contributed by atoms with E-state index in [0.717, 1.165) is 36.2 Å². The quantitative estimate of drug-likeness (QED) is 0.842. The van der Waals surface area contributed by atoms with E-state index in [9.17, 15) is 0 Å². The molecule has 2 nitrogen and oxygen atoms in total. The molecule has 1 aliphatic heterocycles. The summed E-state index contributed by atoms with van der Waals surface area (Å²) in [5.74, 6) is 0. The highest BCUT2D eigenvalue weighted by Crippen LogP contribution is 2.22. The molecule has 2 aromatic rings. The number of halogens is 1. The Morgan fingerprint density at radius 1 is 1.10 bits per heavy atom. The number of nitrogens with zero attached hydrogens (tertiary/aromatic N) is 2. The third-order valence-corrected chi connectivity index (χ3v) is 4.07. The molecule has 0 saturated carbocycles. The van der Waals surface area contributed by atoms with Gasteiger partial charge >= 0.3 is 0 Å². The van der Waals surface area contributed by atoms with E-state index >= 15 is 0 Å². The third kappa shape index (κ3) is 3.35. The molecule has 102 valence electrons. The smallest absolute Gasteiger partial charge is 0.0660 e. The summed E-state index contributed by atoms with van der Waals surface area (Å²) in [4.78, 5) is 6.95. The summed E-state index contributed by atoms with van der Waals surface area (Å²) in [6, 6.07) is 14.8. The minimum Gasteiger partial charge on any atom is -0.295 e. The fourth-order valence-electron chi connectivity index (χ4n) is 2.49. The van der Waals surface area contributed by atoms with Crippen LogP contribution in [0.25, 0.3) is 5.57 Å². The average Bonchev–Trinajstić information content (AvgIpc) is 2.50. The van der Waals surface area contributed by atoms with E-state index in [1.807, 2.05) is 6.20 Å². The second-order valence-corrected chi connectivity index (χ2v) is 5.98. The number of benzene rings is 1. The van der Waals surface area contributed by atoms with Crippen molar-refractivity contribution in [2.75, 3.05) is 13.1 Å². The Bertz CT molecular complexity index is 590. The summed E-state index contributed by atoms with van der Waals surface area (Å²) in [5, 5.41) is 0. The zero-order chi connectivity index (χ0) is 13.8. The predicted octanol–water partition coefficient (Wildman–Crippen LogP) is 4.13. The SMILES string of the molecule is Brc1ccc(C2=CCN(Cc3ccccc3)CC2)nc1. The van der Waals surface area contributed by atoms with Crippen molar-refractivity contribution in [2.24, 2.45) is 0 Å². The van der Waals surface area contributed by atoms with Crippen molar-refractivity contribution >= 4 is 21.5 Å². The molecule has 0 unspecified atom stereocenters. The van der Waals surface area contributed by atoms with E-state index in [2.05, 4.69) is 74.4 Å². The Hall–Kier alpha value is -1.45. The van der Waals surface area contributed by atoms with E-state index in [-0.39, 0.29) is 0 Å². The van der Waals surface area contributed by atoms with Gasteiger partial charge in [-0.05, 0) is 45.6 Å². The molecule has 0 atom stereocenters. The van der Waals surface area contributed by atoms with Crippen molar-refractivity contribution in [2.45, 2.75) is 13.0 Å². The summed E-state index contributed by atoms with van der Waals surface area (Å²) in [6.07, 6.45) is 5.25. The van der Waals surface area contributed by atoms with Gasteiger partial charge in [-0.15, -0.1) is 0 Å². The van der Waals surface area contributed by atoms with Gasteiger partial charge in [-0.1, -0.05) is 36.4 Å². The lowest BCUT2D eigenvalue weighted by molar-refractivity contribution is 0.294. The van der Waals surface area contributed by atoms with Crippen LogP contribution in [-0.2, 0) is 6.54 Å². The van der Waals surface area contributed by atoms with Crippen LogP contribution in [0.2, 0.25) is 0 Å². The molecular weight excluding hydrogens is 312 g/mol.